The average molecular weight is 486 g/mol. The lowest BCUT2D eigenvalue weighted by molar-refractivity contribution is -0.129. The minimum absolute atomic E-state index is 0.102. The van der Waals surface area contributed by atoms with Crippen LogP contribution < -0.4 is 10.2 Å². The highest BCUT2D eigenvalue weighted by molar-refractivity contribution is 9.10. The minimum atomic E-state index is -0.295. The molecule has 1 fully saturated rings. The van der Waals surface area contributed by atoms with Gasteiger partial charge in [0.2, 0.25) is 5.91 Å². The number of thiazole rings is 1. The summed E-state index contributed by atoms with van der Waals surface area (Å²) in [5.41, 5.74) is 3.05. The maximum Gasteiger partial charge on any atom is 0.276 e. The van der Waals surface area contributed by atoms with Crippen molar-refractivity contribution in [3.8, 4) is 11.3 Å². The van der Waals surface area contributed by atoms with E-state index in [0.717, 1.165) is 34.5 Å². The highest BCUT2D eigenvalue weighted by atomic mass is 79.9. The number of nitrogens with one attached hydrogen (secondary N) is 1. The molecule has 0 radical (unpaired) electrons. The summed E-state index contributed by atoms with van der Waals surface area (Å²) in [4.78, 5) is 36.8. The van der Waals surface area contributed by atoms with Gasteiger partial charge in [-0.15, -0.1) is 11.3 Å². The number of pyridine rings is 1. The number of hydrogen-bond donors (Lipinski definition) is 1. The minimum Gasteiger partial charge on any atom is -0.367 e. The summed E-state index contributed by atoms with van der Waals surface area (Å²) in [5, 5.41) is 5.25. The molecular formula is C21H20BrN5O2S. The maximum atomic E-state index is 12.6. The van der Waals surface area contributed by atoms with E-state index in [0.29, 0.717) is 23.9 Å². The van der Waals surface area contributed by atoms with Gasteiger partial charge in [0.1, 0.15) is 5.69 Å². The topological polar surface area (TPSA) is 78.4 Å². The zero-order valence-corrected chi connectivity index (χ0v) is 18.7. The zero-order valence-electron chi connectivity index (χ0n) is 16.3. The predicted octanol–water partition coefficient (Wildman–Crippen LogP) is 3.89. The van der Waals surface area contributed by atoms with Gasteiger partial charge in [0.25, 0.3) is 5.91 Å². The quantitative estimate of drug-likeness (QED) is 0.606. The van der Waals surface area contributed by atoms with Crippen LogP contribution in [-0.2, 0) is 4.79 Å². The molecule has 0 aliphatic carbocycles. The lowest BCUT2D eigenvalue weighted by Crippen LogP contribution is -2.48. The van der Waals surface area contributed by atoms with E-state index in [1.54, 1.807) is 19.2 Å². The Kier molecular flexibility index (Phi) is 6.10. The molecule has 1 aromatic carbocycles. The molecule has 1 aliphatic rings. The molecule has 0 saturated carbocycles. The third kappa shape index (κ3) is 4.52. The zero-order chi connectivity index (χ0) is 21.1. The van der Waals surface area contributed by atoms with Crippen molar-refractivity contribution in [1.82, 2.24) is 14.9 Å². The van der Waals surface area contributed by atoms with Gasteiger partial charge < -0.3 is 9.80 Å². The first-order chi connectivity index (χ1) is 14.5. The molecule has 4 rings (SSSR count). The molecule has 0 bridgehead atoms. The molecule has 9 heteroatoms. The number of nitrogens with zero attached hydrogens (tertiary/aromatic N) is 4. The van der Waals surface area contributed by atoms with Gasteiger partial charge >= 0.3 is 0 Å². The molecule has 2 amide bonds. The second kappa shape index (κ2) is 8.93. The van der Waals surface area contributed by atoms with Crippen LogP contribution in [0, 0.1) is 0 Å². The molecule has 1 saturated heterocycles. The fourth-order valence-electron chi connectivity index (χ4n) is 3.27. The Labute approximate surface area is 186 Å². The number of hydrogen-bond acceptors (Lipinski definition) is 6. The summed E-state index contributed by atoms with van der Waals surface area (Å²) in [6.07, 6.45) is 1.70. The Bertz CT molecular complexity index is 1060. The van der Waals surface area contributed by atoms with Gasteiger partial charge in [-0.2, -0.15) is 0 Å². The molecule has 0 unspecified atom stereocenters. The number of aromatic nitrogens is 2. The van der Waals surface area contributed by atoms with Gasteiger partial charge in [0.05, 0.1) is 17.6 Å². The monoisotopic (exact) mass is 485 g/mol. The smallest absolute Gasteiger partial charge is 0.276 e. The molecule has 1 aliphatic heterocycles. The van der Waals surface area contributed by atoms with Crippen molar-refractivity contribution in [2.24, 2.45) is 0 Å². The van der Waals surface area contributed by atoms with Gasteiger partial charge in [-0.3, -0.25) is 14.9 Å². The summed E-state index contributed by atoms with van der Waals surface area (Å²) in [5.74, 6) is -0.194. The van der Waals surface area contributed by atoms with Crippen LogP contribution in [0.5, 0.6) is 0 Å². The number of benzene rings is 1. The summed E-state index contributed by atoms with van der Waals surface area (Å²) in [6, 6.07) is 11.4. The number of carbonyl (C=O) groups is 2. The number of amides is 2. The fourth-order valence-corrected chi connectivity index (χ4v) is 4.47. The van der Waals surface area contributed by atoms with Gasteiger partial charge in [-0.25, -0.2) is 9.97 Å². The molecular weight excluding hydrogens is 466 g/mol. The van der Waals surface area contributed by atoms with Gasteiger partial charge in [-0.1, -0.05) is 34.1 Å². The van der Waals surface area contributed by atoms with Crippen LogP contribution in [0.3, 0.4) is 0 Å². The van der Waals surface area contributed by atoms with E-state index >= 15 is 0 Å². The molecule has 0 atom stereocenters. The van der Waals surface area contributed by atoms with Crippen molar-refractivity contribution < 1.29 is 9.59 Å². The van der Waals surface area contributed by atoms with Crippen molar-refractivity contribution >= 4 is 49.9 Å². The van der Waals surface area contributed by atoms with Crippen LogP contribution >= 0.6 is 27.3 Å². The average Bonchev–Trinajstić information content (AvgIpc) is 3.22. The fraction of sp³-hybridized carbons (Fsp3) is 0.238. The third-order valence-electron chi connectivity index (χ3n) is 4.95. The molecule has 30 heavy (non-hydrogen) atoms. The second-order valence-corrected chi connectivity index (χ2v) is 8.58. The van der Waals surface area contributed by atoms with E-state index in [2.05, 4.69) is 36.1 Å². The highest BCUT2D eigenvalue weighted by Crippen LogP contribution is 2.30. The van der Waals surface area contributed by atoms with E-state index in [1.165, 1.54) is 11.3 Å². The number of halogens is 1. The van der Waals surface area contributed by atoms with Gasteiger partial charge in [0, 0.05) is 48.5 Å². The lowest BCUT2D eigenvalue weighted by atomic mass is 10.2. The largest absolute Gasteiger partial charge is 0.367 e. The van der Waals surface area contributed by atoms with Crippen LogP contribution in [0.15, 0.2) is 52.4 Å². The van der Waals surface area contributed by atoms with Crippen molar-refractivity contribution in [3.05, 3.63) is 58.1 Å². The number of piperazine rings is 1. The van der Waals surface area contributed by atoms with Crippen LogP contribution in [0.25, 0.3) is 11.3 Å². The Morgan fingerprint density at radius 3 is 2.53 bits per heavy atom. The normalized spacial score (nSPS) is 13.9. The van der Waals surface area contributed by atoms with E-state index in [-0.39, 0.29) is 11.8 Å². The second-order valence-electron chi connectivity index (χ2n) is 6.87. The van der Waals surface area contributed by atoms with Crippen LogP contribution in [0.4, 0.5) is 10.8 Å². The van der Waals surface area contributed by atoms with Crippen molar-refractivity contribution in [2.75, 3.05) is 36.4 Å². The van der Waals surface area contributed by atoms with Gasteiger partial charge in [0.15, 0.2) is 5.13 Å². The molecule has 154 valence electrons. The van der Waals surface area contributed by atoms with Crippen LogP contribution in [-0.4, -0.2) is 52.9 Å². The van der Waals surface area contributed by atoms with E-state index in [1.807, 2.05) is 40.6 Å². The predicted molar refractivity (Wildman–Crippen MR) is 122 cm³/mol. The van der Waals surface area contributed by atoms with Crippen LogP contribution in [0.2, 0.25) is 0 Å². The maximum absolute atomic E-state index is 12.6. The van der Waals surface area contributed by atoms with E-state index < -0.39 is 0 Å². The molecule has 3 aromatic rings. The Balaban J connectivity index is 1.39. The third-order valence-corrected chi connectivity index (χ3v) is 6.39. The standard InChI is InChI=1S/C21H20BrN5O2S/c1-14(28)26-8-10-27(11-9-26)15-6-7-18(23-12-15)20(29)25-21-24-19(13-30-21)16-4-2-3-5-17(16)22/h2-7,12-13H,8-11H2,1H3,(H,24,25,29). The van der Waals surface area contributed by atoms with Crippen molar-refractivity contribution in [3.63, 3.8) is 0 Å². The van der Waals surface area contributed by atoms with Crippen molar-refractivity contribution in [1.29, 1.82) is 0 Å². The van der Waals surface area contributed by atoms with E-state index in [4.69, 9.17) is 0 Å². The first kappa shape index (κ1) is 20.5. The molecule has 2 aromatic heterocycles. The first-order valence-electron chi connectivity index (χ1n) is 9.49. The number of rotatable bonds is 4. The Morgan fingerprint density at radius 1 is 1.10 bits per heavy atom. The summed E-state index contributed by atoms with van der Waals surface area (Å²) < 4.78 is 0.953. The number of anilines is 2. The Hall–Kier alpha value is -2.78. The SMILES string of the molecule is CC(=O)N1CCN(c2ccc(C(=O)Nc3nc(-c4ccccc4Br)cs3)nc2)CC1. The van der Waals surface area contributed by atoms with Crippen molar-refractivity contribution in [2.45, 2.75) is 6.92 Å². The summed E-state index contributed by atoms with van der Waals surface area (Å²) in [6.45, 7) is 4.49. The van der Waals surface area contributed by atoms with Crippen LogP contribution in [0.1, 0.15) is 17.4 Å². The summed E-state index contributed by atoms with van der Waals surface area (Å²) >= 11 is 4.90. The molecule has 3 heterocycles. The van der Waals surface area contributed by atoms with E-state index in [9.17, 15) is 9.59 Å². The molecule has 0 spiro atoms. The molecule has 7 nitrogen and oxygen atoms in total. The Morgan fingerprint density at radius 2 is 1.87 bits per heavy atom. The van der Waals surface area contributed by atoms with Gasteiger partial charge in [-0.05, 0) is 18.2 Å². The lowest BCUT2D eigenvalue weighted by Gasteiger charge is -2.35. The summed E-state index contributed by atoms with van der Waals surface area (Å²) in [7, 11) is 0. The first-order valence-corrected chi connectivity index (χ1v) is 11.2. The highest BCUT2D eigenvalue weighted by Gasteiger charge is 2.19. The number of carbonyl (C=O) groups excluding carboxylic acids is 2. The molecule has 1 N–H and O–H groups in total.